The molecule has 100 valence electrons. The Balaban J connectivity index is 2.45. The lowest BCUT2D eigenvalue weighted by Gasteiger charge is -2.14. The lowest BCUT2D eigenvalue weighted by Crippen LogP contribution is -2.40. The van der Waals surface area contributed by atoms with Crippen molar-refractivity contribution in [3.05, 3.63) is 26.4 Å². The molecule has 0 amide bonds. The molecule has 1 aliphatic rings. The smallest absolute Gasteiger partial charge is 0.332 e. The molecule has 0 unspecified atom stereocenters. The number of aromatic nitrogens is 2. The molecule has 0 aliphatic carbocycles. The van der Waals surface area contributed by atoms with Gasteiger partial charge in [0.05, 0.1) is 18.3 Å². The number of ether oxygens (including phenoxy) is 1. The van der Waals surface area contributed by atoms with Crippen LogP contribution in [-0.4, -0.2) is 38.6 Å². The van der Waals surface area contributed by atoms with Crippen LogP contribution in [0.2, 0.25) is 0 Å². The van der Waals surface area contributed by atoms with E-state index in [0.29, 0.717) is 0 Å². The topological polar surface area (TPSA) is 131 Å². The number of nitrogens with one attached hydrogen (secondary N) is 1. The van der Waals surface area contributed by atoms with E-state index in [1.807, 2.05) is 0 Å². The largest absolute Gasteiger partial charge is 0.394 e. The van der Waals surface area contributed by atoms with E-state index < -0.39 is 29.7 Å². The molecule has 2 heterocycles. The van der Waals surface area contributed by atoms with Crippen molar-refractivity contribution in [2.75, 3.05) is 12.3 Å². The fraction of sp³-hybridized carbons (Fsp3) is 0.600. The first kappa shape index (κ1) is 12.8. The summed E-state index contributed by atoms with van der Waals surface area (Å²) in [5, 5.41) is 18.5. The first-order chi connectivity index (χ1) is 8.45. The van der Waals surface area contributed by atoms with E-state index in [4.69, 9.17) is 15.6 Å². The number of aromatic amines is 1. The van der Waals surface area contributed by atoms with Crippen molar-refractivity contribution in [2.24, 2.45) is 0 Å². The van der Waals surface area contributed by atoms with Gasteiger partial charge >= 0.3 is 5.69 Å². The van der Waals surface area contributed by atoms with Crippen molar-refractivity contribution in [2.45, 2.75) is 31.8 Å². The van der Waals surface area contributed by atoms with Crippen LogP contribution in [-0.2, 0) is 4.74 Å². The number of nitrogens with zero attached hydrogens (tertiary/aromatic N) is 1. The molecule has 0 aromatic carbocycles. The Labute approximate surface area is 102 Å². The van der Waals surface area contributed by atoms with Gasteiger partial charge < -0.3 is 20.7 Å². The molecule has 8 nitrogen and oxygen atoms in total. The number of rotatable bonds is 2. The normalized spacial score (nSPS) is 27.6. The minimum absolute atomic E-state index is 0.0125. The lowest BCUT2D eigenvalue weighted by molar-refractivity contribution is -0.0469. The Morgan fingerprint density at radius 2 is 2.22 bits per heavy atom. The summed E-state index contributed by atoms with van der Waals surface area (Å²) in [6, 6.07) is 0. The minimum Gasteiger partial charge on any atom is -0.394 e. The molecule has 3 atom stereocenters. The summed E-state index contributed by atoms with van der Waals surface area (Å²) < 4.78 is 6.13. The summed E-state index contributed by atoms with van der Waals surface area (Å²) in [4.78, 5) is 26.0. The van der Waals surface area contributed by atoms with Crippen LogP contribution in [0.4, 0.5) is 5.82 Å². The summed E-state index contributed by atoms with van der Waals surface area (Å²) in [6.45, 7) is 1.11. The number of hydrogen-bond acceptors (Lipinski definition) is 6. The second-order valence-corrected chi connectivity index (χ2v) is 4.26. The predicted molar refractivity (Wildman–Crippen MR) is 62.1 cm³/mol. The number of aliphatic hydroxyl groups excluding tert-OH is 2. The Bertz CT molecular complexity index is 564. The molecule has 1 fully saturated rings. The van der Waals surface area contributed by atoms with Gasteiger partial charge in [-0.25, -0.2) is 9.36 Å². The molecule has 0 radical (unpaired) electrons. The molecule has 18 heavy (non-hydrogen) atoms. The monoisotopic (exact) mass is 257 g/mol. The van der Waals surface area contributed by atoms with Crippen LogP contribution < -0.4 is 17.0 Å². The van der Waals surface area contributed by atoms with Gasteiger partial charge in [0.25, 0.3) is 5.56 Å². The van der Waals surface area contributed by atoms with Crippen molar-refractivity contribution >= 4 is 5.82 Å². The maximum atomic E-state index is 11.9. The Morgan fingerprint density at radius 1 is 1.56 bits per heavy atom. The highest BCUT2D eigenvalue weighted by molar-refractivity contribution is 5.35. The summed E-state index contributed by atoms with van der Waals surface area (Å²) in [5.74, 6) is 0.0125. The number of anilines is 1. The number of nitrogen functional groups attached to an aromatic ring is 1. The van der Waals surface area contributed by atoms with Gasteiger partial charge in [-0.15, -0.1) is 0 Å². The molecule has 5 N–H and O–H groups in total. The third-order valence-electron chi connectivity index (χ3n) is 3.08. The minimum atomic E-state index is -0.913. The summed E-state index contributed by atoms with van der Waals surface area (Å²) in [6.07, 6.45) is -2.53. The number of nitrogens with two attached hydrogens (primary N) is 1. The molecule has 1 aromatic rings. The average molecular weight is 257 g/mol. The molecular weight excluding hydrogens is 242 g/mol. The van der Waals surface area contributed by atoms with Gasteiger partial charge in [-0.2, -0.15) is 0 Å². The fourth-order valence-electron chi connectivity index (χ4n) is 1.96. The molecule has 1 aliphatic heterocycles. The Kier molecular flexibility index (Phi) is 3.24. The van der Waals surface area contributed by atoms with Crippen LogP contribution in [0, 0.1) is 6.92 Å². The molecule has 0 bridgehead atoms. The highest BCUT2D eigenvalue weighted by Crippen LogP contribution is 2.26. The Morgan fingerprint density at radius 3 is 2.78 bits per heavy atom. The van der Waals surface area contributed by atoms with Crippen molar-refractivity contribution in [1.29, 1.82) is 0 Å². The molecule has 2 rings (SSSR count). The standard InChI is InChI=1S/C10H15N3O5/c1-4-8(11)12-10(17)13(9(4)16)7-2-5(15)6(3-14)18-7/h5-7,14-15H,2-3,11H2,1H3,(H,12,17)/t5-,6+,7+/m0/s1. The first-order valence-corrected chi connectivity index (χ1v) is 5.51. The van der Waals surface area contributed by atoms with Crippen LogP contribution in [0.1, 0.15) is 18.2 Å². The maximum absolute atomic E-state index is 11.9. The summed E-state index contributed by atoms with van der Waals surface area (Å²) in [7, 11) is 0. The third-order valence-corrected chi connectivity index (χ3v) is 3.08. The van der Waals surface area contributed by atoms with Crippen molar-refractivity contribution in [3.8, 4) is 0 Å². The van der Waals surface area contributed by atoms with Crippen LogP contribution in [0.3, 0.4) is 0 Å². The van der Waals surface area contributed by atoms with E-state index in [0.717, 1.165) is 4.57 Å². The van der Waals surface area contributed by atoms with E-state index in [-0.39, 0.29) is 24.4 Å². The van der Waals surface area contributed by atoms with Gasteiger partial charge in [0, 0.05) is 6.42 Å². The maximum Gasteiger partial charge on any atom is 0.332 e. The Hall–Kier alpha value is -1.64. The average Bonchev–Trinajstić information content (AvgIpc) is 2.67. The van der Waals surface area contributed by atoms with Gasteiger partial charge in [0.2, 0.25) is 0 Å². The van der Waals surface area contributed by atoms with Gasteiger partial charge in [0.1, 0.15) is 18.1 Å². The SMILES string of the molecule is Cc1c(N)[nH]c(=O)n([C@H]2C[C@H](O)[C@@H](CO)O2)c1=O. The van der Waals surface area contributed by atoms with Gasteiger partial charge in [-0.3, -0.25) is 9.78 Å². The van der Waals surface area contributed by atoms with E-state index in [1.165, 1.54) is 6.92 Å². The molecule has 0 saturated carbocycles. The van der Waals surface area contributed by atoms with E-state index in [9.17, 15) is 14.7 Å². The van der Waals surface area contributed by atoms with E-state index >= 15 is 0 Å². The van der Waals surface area contributed by atoms with Crippen LogP contribution in [0.25, 0.3) is 0 Å². The second-order valence-electron chi connectivity index (χ2n) is 4.26. The van der Waals surface area contributed by atoms with Gasteiger partial charge in [-0.1, -0.05) is 0 Å². The predicted octanol–water partition coefficient (Wildman–Crippen LogP) is -1.93. The zero-order chi connectivity index (χ0) is 13.4. The zero-order valence-corrected chi connectivity index (χ0v) is 9.79. The lowest BCUT2D eigenvalue weighted by atomic mass is 10.2. The molecule has 0 spiro atoms. The van der Waals surface area contributed by atoms with Gasteiger partial charge in [-0.05, 0) is 6.92 Å². The van der Waals surface area contributed by atoms with Crippen molar-refractivity contribution < 1.29 is 14.9 Å². The quantitative estimate of drug-likeness (QED) is 0.488. The number of hydrogen-bond donors (Lipinski definition) is 4. The first-order valence-electron chi connectivity index (χ1n) is 5.51. The van der Waals surface area contributed by atoms with Crippen LogP contribution in [0.15, 0.2) is 9.59 Å². The van der Waals surface area contributed by atoms with Gasteiger partial charge in [0.15, 0.2) is 0 Å². The van der Waals surface area contributed by atoms with Crippen LogP contribution in [0.5, 0.6) is 0 Å². The molecule has 8 heteroatoms. The van der Waals surface area contributed by atoms with E-state index in [2.05, 4.69) is 4.98 Å². The second kappa shape index (κ2) is 4.56. The fourth-order valence-corrected chi connectivity index (χ4v) is 1.96. The highest BCUT2D eigenvalue weighted by Gasteiger charge is 2.36. The zero-order valence-electron chi connectivity index (χ0n) is 9.79. The molecular formula is C10H15N3O5. The van der Waals surface area contributed by atoms with Crippen molar-refractivity contribution in [1.82, 2.24) is 9.55 Å². The van der Waals surface area contributed by atoms with Crippen molar-refractivity contribution in [3.63, 3.8) is 0 Å². The molecule has 1 saturated heterocycles. The summed E-state index contributed by atoms with van der Waals surface area (Å²) in [5.41, 5.74) is 4.42. The molecule has 1 aromatic heterocycles. The highest BCUT2D eigenvalue weighted by atomic mass is 16.5. The number of H-pyrrole nitrogens is 1. The summed E-state index contributed by atoms with van der Waals surface area (Å²) >= 11 is 0. The number of aliphatic hydroxyl groups is 2. The van der Waals surface area contributed by atoms with Crippen LogP contribution >= 0.6 is 0 Å². The van der Waals surface area contributed by atoms with E-state index in [1.54, 1.807) is 0 Å². The third kappa shape index (κ3) is 1.94.